The topological polar surface area (TPSA) is 49.3 Å². The molecular weight excluding hydrogens is 214 g/mol. The molecule has 1 aliphatic rings. The largest absolute Gasteiger partial charge is 0.289 e. The Labute approximate surface area is 104 Å². The van der Waals surface area contributed by atoms with Crippen LogP contribution in [-0.4, -0.2) is 11.1 Å². The number of carbonyl (C=O) groups is 1. The highest BCUT2D eigenvalue weighted by Gasteiger charge is 2.24. The molecule has 3 nitrogen and oxygen atoms in total. The van der Waals surface area contributed by atoms with Gasteiger partial charge in [0.15, 0.2) is 0 Å². The first-order valence-electron chi connectivity index (χ1n) is 6.71. The van der Waals surface area contributed by atoms with E-state index in [4.69, 9.17) is 5.21 Å². The molecule has 0 heterocycles. The van der Waals surface area contributed by atoms with Crippen molar-refractivity contribution in [3.8, 4) is 0 Å². The fourth-order valence-electron chi connectivity index (χ4n) is 2.80. The Morgan fingerprint density at radius 1 is 1.59 bits per heavy atom. The van der Waals surface area contributed by atoms with Gasteiger partial charge in [-0.2, -0.15) is 0 Å². The van der Waals surface area contributed by atoms with Crippen LogP contribution in [0, 0.1) is 17.8 Å². The molecule has 1 amide bonds. The van der Waals surface area contributed by atoms with Gasteiger partial charge >= 0.3 is 0 Å². The van der Waals surface area contributed by atoms with Crippen molar-refractivity contribution in [3.05, 3.63) is 11.6 Å². The fourth-order valence-corrected chi connectivity index (χ4v) is 2.80. The third kappa shape index (κ3) is 4.15. The van der Waals surface area contributed by atoms with Crippen LogP contribution in [0.2, 0.25) is 0 Å². The Hall–Kier alpha value is -0.830. The predicted octanol–water partition coefficient (Wildman–Crippen LogP) is 3.29. The summed E-state index contributed by atoms with van der Waals surface area (Å²) >= 11 is 0. The Kier molecular flexibility index (Phi) is 5.69. The number of allylic oxidation sites excluding steroid dienone is 1. The maximum Gasteiger partial charge on any atom is 0.250 e. The van der Waals surface area contributed by atoms with Crippen LogP contribution in [0.3, 0.4) is 0 Å². The second-order valence-corrected chi connectivity index (χ2v) is 5.49. The van der Waals surface area contributed by atoms with Crippen LogP contribution in [0.25, 0.3) is 0 Å². The molecule has 0 aromatic rings. The van der Waals surface area contributed by atoms with Crippen molar-refractivity contribution in [2.75, 3.05) is 0 Å². The van der Waals surface area contributed by atoms with Gasteiger partial charge in [-0.3, -0.25) is 10.0 Å². The summed E-state index contributed by atoms with van der Waals surface area (Å²) < 4.78 is 0. The highest BCUT2D eigenvalue weighted by atomic mass is 16.5. The first kappa shape index (κ1) is 14.2. The lowest BCUT2D eigenvalue weighted by Gasteiger charge is -2.26. The van der Waals surface area contributed by atoms with Gasteiger partial charge in [-0.1, -0.05) is 32.4 Å². The van der Waals surface area contributed by atoms with Gasteiger partial charge in [-0.25, -0.2) is 5.48 Å². The summed E-state index contributed by atoms with van der Waals surface area (Å²) in [6.07, 6.45) is 7.52. The molecule has 0 saturated carbocycles. The summed E-state index contributed by atoms with van der Waals surface area (Å²) in [5, 5.41) is 8.71. The van der Waals surface area contributed by atoms with Crippen LogP contribution in [0.5, 0.6) is 0 Å². The van der Waals surface area contributed by atoms with Crippen LogP contribution >= 0.6 is 0 Å². The van der Waals surface area contributed by atoms with E-state index in [0.717, 1.165) is 31.1 Å². The van der Waals surface area contributed by atoms with E-state index in [1.165, 1.54) is 18.4 Å². The number of amides is 1. The fraction of sp³-hybridized carbons (Fsp3) is 0.786. The Morgan fingerprint density at radius 2 is 2.29 bits per heavy atom. The molecule has 0 aromatic heterocycles. The lowest BCUT2D eigenvalue weighted by molar-refractivity contribution is -0.132. The number of hydrogen-bond acceptors (Lipinski definition) is 2. The van der Waals surface area contributed by atoms with Crippen molar-refractivity contribution < 1.29 is 10.0 Å². The molecule has 0 fully saturated rings. The van der Waals surface area contributed by atoms with Crippen molar-refractivity contribution >= 4 is 5.91 Å². The third-order valence-electron chi connectivity index (χ3n) is 3.64. The Morgan fingerprint density at radius 3 is 2.71 bits per heavy atom. The van der Waals surface area contributed by atoms with Crippen LogP contribution in [-0.2, 0) is 4.79 Å². The Bertz CT molecular complexity index is 284. The SMILES string of the molecule is CCC(C(=O)NO)C1=CCC(CC(C)C)CC1. The molecule has 0 radical (unpaired) electrons. The van der Waals surface area contributed by atoms with Gasteiger partial charge in [0.1, 0.15) is 0 Å². The van der Waals surface area contributed by atoms with Crippen molar-refractivity contribution in [2.24, 2.45) is 17.8 Å². The minimum atomic E-state index is -0.263. The highest BCUT2D eigenvalue weighted by Crippen LogP contribution is 2.32. The van der Waals surface area contributed by atoms with Gasteiger partial charge in [0, 0.05) is 0 Å². The molecule has 0 bridgehead atoms. The summed E-state index contributed by atoms with van der Waals surface area (Å²) in [6, 6.07) is 0. The van der Waals surface area contributed by atoms with Crippen LogP contribution in [0.4, 0.5) is 0 Å². The molecule has 0 aromatic carbocycles. The van der Waals surface area contributed by atoms with E-state index < -0.39 is 0 Å². The first-order chi connectivity index (χ1) is 8.08. The molecule has 3 heteroatoms. The first-order valence-corrected chi connectivity index (χ1v) is 6.71. The molecule has 1 rings (SSSR count). The average Bonchev–Trinajstić information content (AvgIpc) is 2.31. The lowest BCUT2D eigenvalue weighted by Crippen LogP contribution is -2.29. The molecule has 2 unspecified atom stereocenters. The number of carbonyl (C=O) groups excluding carboxylic acids is 1. The maximum atomic E-state index is 11.5. The van der Waals surface area contributed by atoms with E-state index >= 15 is 0 Å². The minimum absolute atomic E-state index is 0.139. The van der Waals surface area contributed by atoms with Gasteiger partial charge in [0.25, 0.3) is 5.91 Å². The van der Waals surface area contributed by atoms with Crippen LogP contribution < -0.4 is 5.48 Å². The molecule has 17 heavy (non-hydrogen) atoms. The van der Waals surface area contributed by atoms with Gasteiger partial charge in [0.2, 0.25) is 0 Å². The average molecular weight is 239 g/mol. The summed E-state index contributed by atoms with van der Waals surface area (Å²) in [7, 11) is 0. The number of nitrogens with one attached hydrogen (secondary N) is 1. The molecule has 0 aliphatic heterocycles. The highest BCUT2D eigenvalue weighted by molar-refractivity contribution is 5.80. The predicted molar refractivity (Wildman–Crippen MR) is 68.6 cm³/mol. The van der Waals surface area contributed by atoms with Gasteiger partial charge in [-0.05, 0) is 43.9 Å². The monoisotopic (exact) mass is 239 g/mol. The molecule has 0 saturated heterocycles. The Balaban J connectivity index is 2.57. The third-order valence-corrected chi connectivity index (χ3v) is 3.64. The van der Waals surface area contributed by atoms with Crippen LogP contribution in [0.1, 0.15) is 52.9 Å². The number of hydrogen-bond donors (Lipinski definition) is 2. The number of hydroxylamine groups is 1. The molecule has 2 N–H and O–H groups in total. The summed E-state index contributed by atoms with van der Waals surface area (Å²) in [5.74, 6) is 1.12. The zero-order valence-electron chi connectivity index (χ0n) is 11.2. The van der Waals surface area contributed by atoms with E-state index in [2.05, 4.69) is 19.9 Å². The molecule has 98 valence electrons. The van der Waals surface area contributed by atoms with Crippen molar-refractivity contribution in [1.82, 2.24) is 5.48 Å². The van der Waals surface area contributed by atoms with Crippen molar-refractivity contribution in [2.45, 2.75) is 52.9 Å². The van der Waals surface area contributed by atoms with Crippen molar-refractivity contribution in [3.63, 3.8) is 0 Å². The summed E-state index contributed by atoms with van der Waals surface area (Å²) in [5.41, 5.74) is 2.98. The standard InChI is InChI=1S/C14H25NO2/c1-4-13(14(16)15-17)12-7-5-11(6-8-12)9-10(2)3/h7,10-11,13,17H,4-6,8-9H2,1-3H3,(H,15,16). The van der Waals surface area contributed by atoms with E-state index in [-0.39, 0.29) is 11.8 Å². The van der Waals surface area contributed by atoms with E-state index in [0.29, 0.717) is 0 Å². The summed E-state index contributed by atoms with van der Waals surface area (Å²) in [6.45, 7) is 6.50. The second-order valence-electron chi connectivity index (χ2n) is 5.49. The normalized spacial score (nSPS) is 22.2. The zero-order chi connectivity index (χ0) is 12.8. The minimum Gasteiger partial charge on any atom is -0.289 e. The maximum absolute atomic E-state index is 11.5. The molecule has 1 aliphatic carbocycles. The van der Waals surface area contributed by atoms with Crippen LogP contribution in [0.15, 0.2) is 11.6 Å². The second kappa shape index (κ2) is 6.80. The molecule has 2 atom stereocenters. The van der Waals surface area contributed by atoms with Gasteiger partial charge in [0.05, 0.1) is 5.92 Å². The quantitative estimate of drug-likeness (QED) is 0.439. The molecule has 0 spiro atoms. The van der Waals surface area contributed by atoms with E-state index in [1.807, 2.05) is 6.92 Å². The lowest BCUT2D eigenvalue weighted by atomic mass is 9.80. The zero-order valence-corrected chi connectivity index (χ0v) is 11.2. The van der Waals surface area contributed by atoms with Gasteiger partial charge < -0.3 is 0 Å². The number of rotatable bonds is 5. The molecular formula is C14H25NO2. The van der Waals surface area contributed by atoms with E-state index in [1.54, 1.807) is 5.48 Å². The smallest absolute Gasteiger partial charge is 0.250 e. The van der Waals surface area contributed by atoms with Crippen molar-refractivity contribution in [1.29, 1.82) is 0 Å². The van der Waals surface area contributed by atoms with Gasteiger partial charge in [-0.15, -0.1) is 0 Å². The summed E-state index contributed by atoms with van der Waals surface area (Å²) in [4.78, 5) is 11.5. The van der Waals surface area contributed by atoms with E-state index in [9.17, 15) is 4.79 Å².